The van der Waals surface area contributed by atoms with Crippen LogP contribution in [-0.2, 0) is 0 Å². The molecule has 0 aliphatic heterocycles. The number of rotatable bonds is 4. The average Bonchev–Trinajstić information content (AvgIpc) is 2.76. The summed E-state index contributed by atoms with van der Waals surface area (Å²) in [5, 5.41) is 4.94. The van der Waals surface area contributed by atoms with Crippen molar-refractivity contribution in [3.8, 4) is 0 Å². The Morgan fingerprint density at radius 2 is 2.53 bits per heavy atom. The van der Waals surface area contributed by atoms with Crippen LogP contribution in [0.2, 0.25) is 0 Å². The van der Waals surface area contributed by atoms with Gasteiger partial charge >= 0.3 is 0 Å². The molecule has 0 bridgehead atoms. The van der Waals surface area contributed by atoms with E-state index in [0.717, 1.165) is 22.1 Å². The lowest BCUT2D eigenvalue weighted by atomic mass is 10.2. The number of carbonyl (C=O) groups is 1. The highest BCUT2D eigenvalue weighted by Crippen LogP contribution is 2.34. The van der Waals surface area contributed by atoms with Gasteiger partial charge in [0.2, 0.25) is 0 Å². The molecule has 2 nitrogen and oxygen atoms in total. The van der Waals surface area contributed by atoms with Crippen LogP contribution in [0.3, 0.4) is 0 Å². The van der Waals surface area contributed by atoms with Gasteiger partial charge in [-0.3, -0.25) is 4.79 Å². The van der Waals surface area contributed by atoms with E-state index < -0.39 is 0 Å². The molecule has 0 saturated heterocycles. The summed E-state index contributed by atoms with van der Waals surface area (Å²) in [6.45, 7) is 2.18. The normalized spacial score (nSPS) is 23.9. The van der Waals surface area contributed by atoms with E-state index in [2.05, 4.69) is 24.9 Å². The summed E-state index contributed by atoms with van der Waals surface area (Å²) in [6, 6.07) is 2.24. The maximum atomic E-state index is 11.7. The van der Waals surface area contributed by atoms with Gasteiger partial charge in [-0.2, -0.15) is 0 Å². The first kappa shape index (κ1) is 11.0. The zero-order chi connectivity index (χ0) is 10.8. The van der Waals surface area contributed by atoms with E-state index in [4.69, 9.17) is 0 Å². The number of carbonyl (C=O) groups excluding carboxylic acids is 1. The summed E-state index contributed by atoms with van der Waals surface area (Å²) in [5.74, 6) is 0.776. The molecule has 1 aromatic heterocycles. The number of hydrogen-bond donors (Lipinski definition) is 2. The predicted octanol–water partition coefficient (Wildman–Crippen LogP) is 2.96. The van der Waals surface area contributed by atoms with Crippen molar-refractivity contribution >= 4 is 29.9 Å². The third kappa shape index (κ3) is 2.75. The van der Waals surface area contributed by atoms with Gasteiger partial charge < -0.3 is 5.32 Å². The predicted molar refractivity (Wildman–Crippen MR) is 65.8 cm³/mol. The van der Waals surface area contributed by atoms with Gasteiger partial charge in [-0.25, -0.2) is 0 Å². The van der Waals surface area contributed by atoms with E-state index >= 15 is 0 Å². The van der Waals surface area contributed by atoms with Crippen LogP contribution in [0.5, 0.6) is 0 Å². The van der Waals surface area contributed by atoms with E-state index in [-0.39, 0.29) is 5.91 Å². The minimum absolute atomic E-state index is 0.0592. The third-order valence-corrected chi connectivity index (χ3v) is 4.07. The van der Waals surface area contributed by atoms with Gasteiger partial charge in [0.25, 0.3) is 5.91 Å². The molecule has 4 heteroatoms. The zero-order valence-electron chi connectivity index (χ0n) is 8.69. The summed E-state index contributed by atoms with van der Waals surface area (Å²) < 4.78 is 0. The molecule has 1 heterocycles. The zero-order valence-corrected chi connectivity index (χ0v) is 10.4. The number of amides is 1. The topological polar surface area (TPSA) is 29.1 Å². The van der Waals surface area contributed by atoms with Crippen LogP contribution < -0.4 is 5.32 Å². The lowest BCUT2D eigenvalue weighted by Crippen LogP contribution is -2.25. The summed E-state index contributed by atoms with van der Waals surface area (Å²) in [5.41, 5.74) is 0. The molecule has 0 aromatic carbocycles. The smallest absolute Gasteiger partial charge is 0.261 e. The molecule has 1 aliphatic rings. The average molecular weight is 241 g/mol. The van der Waals surface area contributed by atoms with Crippen molar-refractivity contribution in [3.05, 3.63) is 16.3 Å². The maximum absolute atomic E-state index is 11.7. The fourth-order valence-electron chi connectivity index (χ4n) is 1.80. The Hall–Kier alpha value is -0.480. The van der Waals surface area contributed by atoms with Crippen molar-refractivity contribution in [1.82, 2.24) is 5.32 Å². The van der Waals surface area contributed by atoms with Crippen LogP contribution in [0.15, 0.2) is 16.3 Å². The number of hydrogen-bond acceptors (Lipinski definition) is 3. The lowest BCUT2D eigenvalue weighted by Gasteiger charge is -2.01. The molecule has 15 heavy (non-hydrogen) atoms. The molecule has 1 aliphatic carbocycles. The number of nitrogens with one attached hydrogen (secondary N) is 1. The molecule has 1 amide bonds. The first-order chi connectivity index (χ1) is 7.20. The maximum Gasteiger partial charge on any atom is 0.261 e. The molecule has 0 radical (unpaired) electrons. The second-order valence-corrected chi connectivity index (χ2v) is 5.46. The van der Waals surface area contributed by atoms with Gasteiger partial charge in [0.1, 0.15) is 0 Å². The van der Waals surface area contributed by atoms with Crippen molar-refractivity contribution in [2.24, 2.45) is 5.92 Å². The first-order valence-corrected chi connectivity index (χ1v) is 6.61. The highest BCUT2D eigenvalue weighted by Gasteiger charge is 2.37. The Balaban J connectivity index is 1.84. The van der Waals surface area contributed by atoms with E-state index in [9.17, 15) is 4.79 Å². The minimum atomic E-state index is 0.0592. The monoisotopic (exact) mass is 241 g/mol. The molecular formula is C11H15NOS2. The Kier molecular flexibility index (Phi) is 3.36. The van der Waals surface area contributed by atoms with E-state index in [1.165, 1.54) is 24.2 Å². The van der Waals surface area contributed by atoms with E-state index in [1.54, 1.807) is 0 Å². The Labute approximate surface area is 99.5 Å². The second-order valence-electron chi connectivity index (χ2n) is 4.03. The summed E-state index contributed by atoms with van der Waals surface area (Å²) in [4.78, 5) is 13.4. The molecule has 82 valence electrons. The fourth-order valence-corrected chi connectivity index (χ4v) is 2.85. The van der Waals surface area contributed by atoms with Gasteiger partial charge in [0.05, 0.1) is 4.88 Å². The van der Waals surface area contributed by atoms with Crippen LogP contribution in [-0.4, -0.2) is 11.9 Å². The third-order valence-electron chi connectivity index (χ3n) is 2.71. The number of thiol groups is 1. The largest absolute Gasteiger partial charge is 0.348 e. The molecule has 1 aromatic rings. The lowest BCUT2D eigenvalue weighted by molar-refractivity contribution is 0.0953. The summed E-state index contributed by atoms with van der Waals surface area (Å²) >= 11 is 5.64. The summed E-state index contributed by atoms with van der Waals surface area (Å²) in [7, 11) is 0. The molecule has 2 rings (SSSR count). The van der Waals surface area contributed by atoms with Crippen LogP contribution in [0.25, 0.3) is 0 Å². The molecule has 1 fully saturated rings. The van der Waals surface area contributed by atoms with Crippen LogP contribution in [0.1, 0.15) is 35.9 Å². The quantitative estimate of drug-likeness (QED) is 0.780. The molecule has 2 unspecified atom stereocenters. The number of thiophene rings is 1. The van der Waals surface area contributed by atoms with Crippen LogP contribution in [0, 0.1) is 5.92 Å². The van der Waals surface area contributed by atoms with Crippen LogP contribution in [0.4, 0.5) is 0 Å². The van der Waals surface area contributed by atoms with Crippen molar-refractivity contribution < 1.29 is 4.79 Å². The van der Waals surface area contributed by atoms with Crippen LogP contribution >= 0.6 is 24.0 Å². The van der Waals surface area contributed by atoms with Gasteiger partial charge in [-0.15, -0.1) is 24.0 Å². The molecule has 2 atom stereocenters. The van der Waals surface area contributed by atoms with Crippen molar-refractivity contribution in [1.29, 1.82) is 0 Å². The van der Waals surface area contributed by atoms with Gasteiger partial charge in [-0.1, -0.05) is 13.3 Å². The first-order valence-electron chi connectivity index (χ1n) is 5.29. The Morgan fingerprint density at radius 3 is 3.13 bits per heavy atom. The van der Waals surface area contributed by atoms with Gasteiger partial charge in [0.15, 0.2) is 0 Å². The van der Waals surface area contributed by atoms with Gasteiger partial charge in [-0.05, 0) is 24.8 Å². The highest BCUT2D eigenvalue weighted by molar-refractivity contribution is 7.80. The SMILES string of the molecule is CCCC1CC1NC(=O)c1cc(S)cs1. The van der Waals surface area contributed by atoms with Gasteiger partial charge in [0, 0.05) is 16.3 Å². The molecule has 1 N–H and O–H groups in total. The fraction of sp³-hybridized carbons (Fsp3) is 0.545. The van der Waals surface area contributed by atoms with E-state index in [0.29, 0.717) is 6.04 Å². The Bertz CT molecular complexity index is 361. The van der Waals surface area contributed by atoms with Crippen molar-refractivity contribution in [2.75, 3.05) is 0 Å². The molecule has 0 spiro atoms. The Morgan fingerprint density at radius 1 is 1.73 bits per heavy atom. The highest BCUT2D eigenvalue weighted by atomic mass is 32.1. The standard InChI is InChI=1S/C11H15NOS2/c1-2-3-7-4-9(7)12-11(13)10-5-8(14)6-15-10/h5-7,9,14H,2-4H2,1H3,(H,12,13). The van der Waals surface area contributed by atoms with Crippen molar-refractivity contribution in [2.45, 2.75) is 37.1 Å². The molecule has 1 saturated carbocycles. The van der Waals surface area contributed by atoms with E-state index in [1.807, 2.05) is 11.4 Å². The van der Waals surface area contributed by atoms with Crippen molar-refractivity contribution in [3.63, 3.8) is 0 Å². The second kappa shape index (κ2) is 4.58. The molecular weight excluding hydrogens is 226 g/mol. The summed E-state index contributed by atoms with van der Waals surface area (Å²) in [6.07, 6.45) is 3.59. The minimum Gasteiger partial charge on any atom is -0.348 e.